The minimum absolute atomic E-state index is 0.483. The Kier molecular flexibility index (Phi) is 18.1. The Morgan fingerprint density at radius 1 is 0.913 bits per heavy atom. The van der Waals surface area contributed by atoms with Gasteiger partial charge in [0, 0.05) is 6.54 Å². The smallest absolute Gasteiger partial charge is 0.256 e. The topological polar surface area (TPSA) is 21.3 Å². The van der Waals surface area contributed by atoms with Crippen molar-refractivity contribution in [3.8, 4) is 0 Å². The number of allylic oxidation sites excluding steroid dienone is 5. The van der Waals surface area contributed by atoms with Gasteiger partial charge in [0.1, 0.15) is 6.61 Å². The van der Waals surface area contributed by atoms with Crippen LogP contribution in [0.2, 0.25) is 0 Å². The summed E-state index contributed by atoms with van der Waals surface area (Å²) in [6.07, 6.45) is 11.2. The van der Waals surface area contributed by atoms with E-state index in [4.69, 9.17) is 17.0 Å². The Labute approximate surface area is 150 Å². The monoisotopic (exact) mass is 339 g/mol. The van der Waals surface area contributed by atoms with Gasteiger partial charge >= 0.3 is 0 Å². The normalized spacial score (nSPS) is 11.3. The van der Waals surface area contributed by atoms with E-state index in [9.17, 15) is 0 Å². The van der Waals surface area contributed by atoms with Crippen LogP contribution in [-0.4, -0.2) is 18.3 Å². The third-order valence-electron chi connectivity index (χ3n) is 3.09. The summed E-state index contributed by atoms with van der Waals surface area (Å²) in [4.78, 5) is 0. The minimum Gasteiger partial charge on any atom is -0.467 e. The van der Waals surface area contributed by atoms with Gasteiger partial charge in [-0.15, -0.1) is 0 Å². The lowest BCUT2D eigenvalue weighted by Crippen LogP contribution is -2.23. The second-order valence-corrected chi connectivity index (χ2v) is 5.96. The summed E-state index contributed by atoms with van der Waals surface area (Å²) >= 11 is 5.01. The molecule has 0 radical (unpaired) electrons. The third-order valence-corrected chi connectivity index (χ3v) is 3.35. The molecule has 0 aromatic rings. The highest BCUT2D eigenvalue weighted by atomic mass is 32.1. The first kappa shape index (κ1) is 24.2. The Hall–Kier alpha value is -1.09. The summed E-state index contributed by atoms with van der Waals surface area (Å²) in [6.45, 7) is 16.0. The van der Waals surface area contributed by atoms with Crippen molar-refractivity contribution in [2.45, 2.75) is 74.1 Å². The first-order valence-corrected chi connectivity index (χ1v) is 9.21. The molecule has 0 atom stereocenters. The average molecular weight is 340 g/mol. The number of hydrogen-bond acceptors (Lipinski definition) is 2. The molecule has 0 aliphatic rings. The van der Waals surface area contributed by atoms with E-state index in [1.54, 1.807) is 0 Å². The van der Waals surface area contributed by atoms with Crippen LogP contribution in [0.1, 0.15) is 74.1 Å². The standard InChI is InChI=1S/C18H31NOS.C2H6/c1-6-19-18(21)20-14-13-17(5)12-8-11-16(4)10-7-9-15(2)3;1-2/h9,11,13H,6-8,10,12,14H2,1-5H3,(H,19,21);1-2H3/b16-11+,17-13+;. The molecule has 2 nitrogen and oxygen atoms in total. The average Bonchev–Trinajstić information content (AvgIpc) is 2.49. The summed E-state index contributed by atoms with van der Waals surface area (Å²) < 4.78 is 5.38. The fourth-order valence-electron chi connectivity index (χ4n) is 1.79. The summed E-state index contributed by atoms with van der Waals surface area (Å²) in [5, 5.41) is 3.45. The van der Waals surface area contributed by atoms with Gasteiger partial charge in [0.2, 0.25) is 0 Å². The molecule has 0 aromatic carbocycles. The van der Waals surface area contributed by atoms with Crippen LogP contribution in [0.4, 0.5) is 0 Å². The van der Waals surface area contributed by atoms with Crippen molar-refractivity contribution >= 4 is 17.4 Å². The van der Waals surface area contributed by atoms with Crippen LogP contribution in [0.3, 0.4) is 0 Å². The van der Waals surface area contributed by atoms with E-state index >= 15 is 0 Å². The lowest BCUT2D eigenvalue weighted by Gasteiger charge is -2.06. The van der Waals surface area contributed by atoms with Crippen molar-refractivity contribution in [3.63, 3.8) is 0 Å². The van der Waals surface area contributed by atoms with Crippen LogP contribution >= 0.6 is 12.2 Å². The molecule has 0 fully saturated rings. The lowest BCUT2D eigenvalue weighted by molar-refractivity contribution is 0.342. The van der Waals surface area contributed by atoms with Gasteiger partial charge in [-0.1, -0.05) is 42.7 Å². The summed E-state index contributed by atoms with van der Waals surface area (Å²) in [6, 6.07) is 0. The zero-order valence-electron chi connectivity index (χ0n) is 16.3. The van der Waals surface area contributed by atoms with Gasteiger partial charge in [-0.3, -0.25) is 0 Å². The third kappa shape index (κ3) is 18.9. The highest BCUT2D eigenvalue weighted by Gasteiger charge is 1.94. The van der Waals surface area contributed by atoms with E-state index in [-0.39, 0.29) is 0 Å². The predicted octanol–water partition coefficient (Wildman–Crippen LogP) is 6.34. The number of hydrogen-bond donors (Lipinski definition) is 1. The van der Waals surface area contributed by atoms with Gasteiger partial charge in [-0.05, 0) is 78.6 Å². The molecule has 0 aromatic heterocycles. The fourth-order valence-corrected chi connectivity index (χ4v) is 2.01. The van der Waals surface area contributed by atoms with Crippen molar-refractivity contribution in [1.29, 1.82) is 0 Å². The van der Waals surface area contributed by atoms with Gasteiger partial charge in [-0.2, -0.15) is 0 Å². The highest BCUT2D eigenvalue weighted by molar-refractivity contribution is 7.80. The first-order chi connectivity index (χ1) is 11.0. The molecule has 0 rings (SSSR count). The molecule has 0 heterocycles. The van der Waals surface area contributed by atoms with E-state index in [1.807, 2.05) is 20.8 Å². The molecule has 134 valence electrons. The zero-order valence-corrected chi connectivity index (χ0v) is 17.1. The van der Waals surface area contributed by atoms with Crippen LogP contribution in [-0.2, 0) is 4.74 Å². The fraction of sp³-hybridized carbons (Fsp3) is 0.650. The molecule has 23 heavy (non-hydrogen) atoms. The summed E-state index contributed by atoms with van der Waals surface area (Å²) in [5.74, 6) is 0. The second kappa shape index (κ2) is 17.3. The van der Waals surface area contributed by atoms with E-state index in [0.717, 1.165) is 32.2 Å². The molecule has 0 saturated heterocycles. The van der Waals surface area contributed by atoms with Crippen LogP contribution in [0.25, 0.3) is 0 Å². The Morgan fingerprint density at radius 3 is 1.96 bits per heavy atom. The van der Waals surface area contributed by atoms with Crippen molar-refractivity contribution < 1.29 is 4.74 Å². The van der Waals surface area contributed by atoms with Crippen LogP contribution < -0.4 is 5.32 Å². The van der Waals surface area contributed by atoms with E-state index in [2.05, 4.69) is 51.2 Å². The SMILES string of the molecule is CC.CCNC(=S)OC/C=C(\C)CC/C=C(\C)CCC=C(C)C. The number of rotatable bonds is 9. The molecule has 0 aliphatic carbocycles. The van der Waals surface area contributed by atoms with Gasteiger partial charge in [0.05, 0.1) is 0 Å². The summed E-state index contributed by atoms with van der Waals surface area (Å²) in [7, 11) is 0. The Morgan fingerprint density at radius 2 is 1.43 bits per heavy atom. The molecule has 0 saturated carbocycles. The quantitative estimate of drug-likeness (QED) is 0.391. The maximum atomic E-state index is 5.38. The van der Waals surface area contributed by atoms with Gasteiger partial charge in [0.15, 0.2) is 0 Å². The van der Waals surface area contributed by atoms with Crippen LogP contribution in [0, 0.1) is 0 Å². The van der Waals surface area contributed by atoms with E-state index < -0.39 is 0 Å². The maximum absolute atomic E-state index is 5.38. The number of thiocarbonyl (C=S) groups is 1. The highest BCUT2D eigenvalue weighted by Crippen LogP contribution is 2.11. The lowest BCUT2D eigenvalue weighted by atomic mass is 10.1. The maximum Gasteiger partial charge on any atom is 0.256 e. The second-order valence-electron chi connectivity index (χ2n) is 5.59. The van der Waals surface area contributed by atoms with Crippen LogP contribution in [0.5, 0.6) is 0 Å². The van der Waals surface area contributed by atoms with Gasteiger partial charge in [-0.25, -0.2) is 0 Å². The molecular formula is C20H37NOS. The van der Waals surface area contributed by atoms with Gasteiger partial charge < -0.3 is 10.1 Å². The predicted molar refractivity (Wildman–Crippen MR) is 109 cm³/mol. The van der Waals surface area contributed by atoms with Crippen molar-refractivity contribution in [2.24, 2.45) is 0 Å². The first-order valence-electron chi connectivity index (χ1n) is 8.81. The molecule has 1 N–H and O–H groups in total. The Bertz CT molecular complexity index is 390. The van der Waals surface area contributed by atoms with Gasteiger partial charge in [0.25, 0.3) is 5.17 Å². The van der Waals surface area contributed by atoms with E-state index in [0.29, 0.717) is 11.8 Å². The Balaban J connectivity index is 0. The molecular weight excluding hydrogens is 302 g/mol. The molecule has 3 heteroatoms. The molecule has 0 aliphatic heterocycles. The van der Waals surface area contributed by atoms with Crippen molar-refractivity contribution in [1.82, 2.24) is 5.32 Å². The molecule has 0 bridgehead atoms. The molecule has 0 unspecified atom stereocenters. The zero-order chi connectivity index (χ0) is 18.1. The van der Waals surface area contributed by atoms with E-state index in [1.165, 1.54) is 16.7 Å². The molecule has 0 amide bonds. The number of nitrogens with one attached hydrogen (secondary N) is 1. The summed E-state index contributed by atoms with van der Waals surface area (Å²) in [5.41, 5.74) is 4.23. The van der Waals surface area contributed by atoms with Crippen LogP contribution in [0.15, 0.2) is 34.9 Å². The minimum atomic E-state index is 0.483. The molecule has 0 spiro atoms. The van der Waals surface area contributed by atoms with Crippen molar-refractivity contribution in [3.05, 3.63) is 34.9 Å². The van der Waals surface area contributed by atoms with Crippen molar-refractivity contribution in [2.75, 3.05) is 13.2 Å². The number of ether oxygens (including phenoxy) is 1. The largest absolute Gasteiger partial charge is 0.467 e.